The smallest absolute Gasteiger partial charge is 0.0139 e. The van der Waals surface area contributed by atoms with Gasteiger partial charge in [0.1, 0.15) is 0 Å². The third kappa shape index (κ3) is 2.58. The molecule has 1 saturated carbocycles. The van der Waals surface area contributed by atoms with Crippen LogP contribution in [0.3, 0.4) is 0 Å². The fourth-order valence-corrected chi connectivity index (χ4v) is 4.30. The summed E-state index contributed by atoms with van der Waals surface area (Å²) in [6, 6.07) is 3.13. The molecule has 2 aliphatic carbocycles. The number of likely N-dealkylation sites (N-methyl/N-ethyl adjacent to an activating group) is 1. The largest absolute Gasteiger partial charge is 0.314 e. The van der Waals surface area contributed by atoms with Crippen LogP contribution in [0.5, 0.6) is 0 Å². The van der Waals surface area contributed by atoms with Gasteiger partial charge in [0, 0.05) is 16.8 Å². The quantitative estimate of drug-likeness (QED) is 0.833. The Kier molecular flexibility index (Phi) is 3.53. The Morgan fingerprint density at radius 3 is 3.06 bits per heavy atom. The summed E-state index contributed by atoms with van der Waals surface area (Å²) >= 11 is 1.97. The van der Waals surface area contributed by atoms with Crippen LogP contribution in [0.15, 0.2) is 11.4 Å². The Morgan fingerprint density at radius 2 is 2.29 bits per heavy atom. The van der Waals surface area contributed by atoms with Crippen molar-refractivity contribution in [3.8, 4) is 0 Å². The molecule has 1 heterocycles. The first kappa shape index (κ1) is 11.7. The van der Waals surface area contributed by atoms with Crippen molar-refractivity contribution in [1.29, 1.82) is 0 Å². The Balaban J connectivity index is 1.76. The molecule has 1 aromatic heterocycles. The van der Waals surface area contributed by atoms with Crippen molar-refractivity contribution in [2.24, 2.45) is 5.92 Å². The maximum Gasteiger partial charge on any atom is 0.0139 e. The summed E-state index contributed by atoms with van der Waals surface area (Å²) in [5.41, 5.74) is 1.67. The minimum absolute atomic E-state index is 0.737. The van der Waals surface area contributed by atoms with Crippen LogP contribution in [0, 0.1) is 5.92 Å². The second-order valence-corrected chi connectivity index (χ2v) is 6.64. The predicted molar refractivity (Wildman–Crippen MR) is 74.8 cm³/mol. The molecule has 0 bridgehead atoms. The van der Waals surface area contributed by atoms with Crippen molar-refractivity contribution in [2.75, 3.05) is 6.54 Å². The molecule has 1 N–H and O–H groups in total. The lowest BCUT2D eigenvalue weighted by Gasteiger charge is -2.31. The number of hydrogen-bond donors (Lipinski definition) is 1. The van der Waals surface area contributed by atoms with Crippen LogP contribution in [0.25, 0.3) is 0 Å². The van der Waals surface area contributed by atoms with Crippen molar-refractivity contribution in [3.63, 3.8) is 0 Å². The van der Waals surface area contributed by atoms with Gasteiger partial charge >= 0.3 is 0 Å². The number of hydrogen-bond acceptors (Lipinski definition) is 2. The zero-order valence-electron chi connectivity index (χ0n) is 10.7. The average molecular weight is 249 g/mol. The summed E-state index contributed by atoms with van der Waals surface area (Å²) in [6.45, 7) is 3.37. The van der Waals surface area contributed by atoms with Gasteiger partial charge in [0.05, 0.1) is 0 Å². The van der Waals surface area contributed by atoms with Crippen molar-refractivity contribution in [3.05, 3.63) is 21.9 Å². The van der Waals surface area contributed by atoms with E-state index in [9.17, 15) is 0 Å². The first-order chi connectivity index (χ1) is 8.38. The number of fused-ring (bicyclic) bond motifs is 1. The molecule has 0 saturated heterocycles. The number of thiophene rings is 1. The highest BCUT2D eigenvalue weighted by Gasteiger charge is 2.32. The van der Waals surface area contributed by atoms with E-state index in [2.05, 4.69) is 23.7 Å². The first-order valence-electron chi connectivity index (χ1n) is 7.18. The van der Waals surface area contributed by atoms with Gasteiger partial charge < -0.3 is 5.32 Å². The lowest BCUT2D eigenvalue weighted by atomic mass is 9.80. The topological polar surface area (TPSA) is 12.0 Å². The minimum Gasteiger partial charge on any atom is -0.314 e. The van der Waals surface area contributed by atoms with Gasteiger partial charge in [-0.25, -0.2) is 0 Å². The van der Waals surface area contributed by atoms with Crippen molar-refractivity contribution in [1.82, 2.24) is 5.32 Å². The van der Waals surface area contributed by atoms with Gasteiger partial charge in [0.2, 0.25) is 0 Å². The van der Waals surface area contributed by atoms with Gasteiger partial charge in [0.15, 0.2) is 0 Å². The molecule has 1 nitrogen and oxygen atoms in total. The maximum atomic E-state index is 3.76. The van der Waals surface area contributed by atoms with E-state index in [0.29, 0.717) is 0 Å². The van der Waals surface area contributed by atoms with Crippen LogP contribution in [0.2, 0.25) is 0 Å². The molecule has 2 unspecified atom stereocenters. The second-order valence-electron chi connectivity index (χ2n) is 5.64. The van der Waals surface area contributed by atoms with E-state index in [1.165, 1.54) is 38.5 Å². The van der Waals surface area contributed by atoms with Crippen LogP contribution in [0.1, 0.15) is 55.4 Å². The molecule has 1 fully saturated rings. The lowest BCUT2D eigenvalue weighted by molar-refractivity contribution is 0.367. The van der Waals surface area contributed by atoms with Gasteiger partial charge in [-0.05, 0) is 55.2 Å². The molecule has 3 rings (SSSR count). The molecule has 1 aromatic rings. The molecule has 2 atom stereocenters. The van der Waals surface area contributed by atoms with Crippen molar-refractivity contribution in [2.45, 2.75) is 57.4 Å². The normalized spacial score (nSPS) is 25.6. The molecule has 0 aromatic carbocycles. The predicted octanol–water partition coefficient (Wildman–Crippen LogP) is 3.95. The van der Waals surface area contributed by atoms with E-state index in [0.717, 1.165) is 24.4 Å². The Hall–Kier alpha value is -0.340. The molecule has 0 aliphatic heterocycles. The molecular weight excluding hydrogens is 226 g/mol. The van der Waals surface area contributed by atoms with E-state index in [1.807, 2.05) is 11.3 Å². The molecule has 0 radical (unpaired) electrons. The fraction of sp³-hybridized carbons (Fsp3) is 0.733. The van der Waals surface area contributed by atoms with Crippen LogP contribution >= 0.6 is 11.3 Å². The summed E-state index contributed by atoms with van der Waals surface area (Å²) < 4.78 is 0. The Bertz CT molecular complexity index is 367. The molecule has 0 spiro atoms. The van der Waals surface area contributed by atoms with E-state index < -0.39 is 0 Å². The van der Waals surface area contributed by atoms with Crippen molar-refractivity contribution >= 4 is 11.3 Å². The van der Waals surface area contributed by atoms with Crippen LogP contribution in [-0.2, 0) is 6.42 Å². The summed E-state index contributed by atoms with van der Waals surface area (Å²) in [5.74, 6) is 1.83. The van der Waals surface area contributed by atoms with Crippen LogP contribution in [0.4, 0.5) is 0 Å². The van der Waals surface area contributed by atoms with Crippen LogP contribution in [-0.4, -0.2) is 12.6 Å². The average Bonchev–Trinajstić information content (AvgIpc) is 3.03. The van der Waals surface area contributed by atoms with E-state index >= 15 is 0 Å². The zero-order chi connectivity index (χ0) is 11.7. The fourth-order valence-electron chi connectivity index (χ4n) is 3.30. The minimum atomic E-state index is 0.737. The molecule has 0 amide bonds. The van der Waals surface area contributed by atoms with Gasteiger partial charge in [-0.15, -0.1) is 11.3 Å². The van der Waals surface area contributed by atoms with E-state index in [-0.39, 0.29) is 0 Å². The van der Waals surface area contributed by atoms with Crippen molar-refractivity contribution < 1.29 is 0 Å². The monoisotopic (exact) mass is 249 g/mol. The van der Waals surface area contributed by atoms with E-state index in [1.54, 1.807) is 10.4 Å². The van der Waals surface area contributed by atoms with Gasteiger partial charge in [-0.2, -0.15) is 0 Å². The van der Waals surface area contributed by atoms with Gasteiger partial charge in [0.25, 0.3) is 0 Å². The summed E-state index contributed by atoms with van der Waals surface area (Å²) in [4.78, 5) is 1.67. The Labute approximate surface area is 109 Å². The SMILES string of the molecule is CCNC(CC1CC1)C1CCCc2sccc21. The molecule has 2 heteroatoms. The summed E-state index contributed by atoms with van der Waals surface area (Å²) in [7, 11) is 0. The van der Waals surface area contributed by atoms with E-state index in [4.69, 9.17) is 0 Å². The number of aryl methyl sites for hydroxylation is 1. The lowest BCUT2D eigenvalue weighted by Crippen LogP contribution is -2.36. The number of nitrogens with one attached hydrogen (secondary N) is 1. The molecule has 94 valence electrons. The highest BCUT2D eigenvalue weighted by atomic mass is 32.1. The Morgan fingerprint density at radius 1 is 1.41 bits per heavy atom. The molecular formula is C15H23NS. The number of rotatable bonds is 5. The molecule has 17 heavy (non-hydrogen) atoms. The third-order valence-electron chi connectivity index (χ3n) is 4.33. The zero-order valence-corrected chi connectivity index (χ0v) is 11.6. The highest BCUT2D eigenvalue weighted by molar-refractivity contribution is 7.10. The van der Waals surface area contributed by atoms with Gasteiger partial charge in [-0.1, -0.05) is 19.8 Å². The second kappa shape index (κ2) is 5.11. The van der Waals surface area contributed by atoms with Gasteiger partial charge in [-0.3, -0.25) is 0 Å². The summed E-state index contributed by atoms with van der Waals surface area (Å²) in [6.07, 6.45) is 8.48. The third-order valence-corrected chi connectivity index (χ3v) is 5.33. The maximum absolute atomic E-state index is 3.76. The standard InChI is InChI=1S/C15H23NS/c1-2-16-14(10-11-6-7-11)12-4-3-5-15-13(12)8-9-17-15/h8-9,11-12,14,16H,2-7,10H2,1H3. The highest BCUT2D eigenvalue weighted by Crippen LogP contribution is 2.42. The van der Waals surface area contributed by atoms with Crippen LogP contribution < -0.4 is 5.32 Å². The first-order valence-corrected chi connectivity index (χ1v) is 8.06. The molecule has 2 aliphatic rings. The summed E-state index contributed by atoms with van der Waals surface area (Å²) in [5, 5.41) is 6.05.